The summed E-state index contributed by atoms with van der Waals surface area (Å²) in [5.74, 6) is 0.699. The van der Waals surface area contributed by atoms with Gasteiger partial charge in [-0.3, -0.25) is 9.36 Å². The molecule has 3 aromatic carbocycles. The normalized spacial score (nSPS) is 16.4. The van der Waals surface area contributed by atoms with E-state index in [2.05, 4.69) is 90.8 Å². The Morgan fingerprint density at radius 2 is 1.79 bits per heavy atom. The number of halogens is 3. The van der Waals surface area contributed by atoms with Gasteiger partial charge >= 0.3 is 0 Å². The monoisotopic (exact) mass is 710 g/mol. The third kappa shape index (κ3) is 4.62. The highest BCUT2D eigenvalue weighted by molar-refractivity contribution is 9.11. The molecule has 1 aromatic heterocycles. The zero-order chi connectivity index (χ0) is 26.4. The maximum atomic E-state index is 14.0. The van der Waals surface area contributed by atoms with Crippen LogP contribution in [-0.4, -0.2) is 11.2 Å². The third-order valence-electron chi connectivity index (χ3n) is 6.72. The molecule has 0 N–H and O–H groups in total. The Labute approximate surface area is 249 Å². The smallest absolute Gasteiger partial charge is 0.271 e. The zero-order valence-corrected chi connectivity index (χ0v) is 25.7. The van der Waals surface area contributed by atoms with Gasteiger partial charge in [-0.2, -0.15) is 0 Å². The average Bonchev–Trinajstić information content (AvgIpc) is 3.22. The summed E-state index contributed by atoms with van der Waals surface area (Å²) >= 11 is 12.2. The summed E-state index contributed by atoms with van der Waals surface area (Å²) in [4.78, 5) is 19.8. The summed E-state index contributed by atoms with van der Waals surface area (Å²) < 4.78 is 10.9. The fourth-order valence-corrected chi connectivity index (χ4v) is 7.78. The van der Waals surface area contributed by atoms with Gasteiger partial charge < -0.3 is 4.74 Å². The molecule has 2 heterocycles. The van der Waals surface area contributed by atoms with Crippen LogP contribution in [0, 0.1) is 0 Å². The van der Waals surface area contributed by atoms with E-state index >= 15 is 0 Å². The van der Waals surface area contributed by atoms with E-state index in [9.17, 15) is 4.79 Å². The first-order chi connectivity index (χ1) is 18.4. The summed E-state index contributed by atoms with van der Waals surface area (Å²) in [6.07, 6.45) is 5.43. The lowest BCUT2D eigenvalue weighted by molar-refractivity contribution is 0.358. The van der Waals surface area contributed by atoms with E-state index in [0.29, 0.717) is 21.7 Å². The lowest BCUT2D eigenvalue weighted by Gasteiger charge is -2.30. The van der Waals surface area contributed by atoms with E-state index in [-0.39, 0.29) is 11.6 Å². The maximum Gasteiger partial charge on any atom is 0.271 e. The first-order valence-corrected chi connectivity index (χ1v) is 15.3. The molecule has 1 atom stereocenters. The lowest BCUT2D eigenvalue weighted by atomic mass is 9.83. The van der Waals surface area contributed by atoms with Crippen LogP contribution in [0.2, 0.25) is 0 Å². The van der Waals surface area contributed by atoms with Crippen molar-refractivity contribution in [2.75, 3.05) is 6.61 Å². The number of fused-ring (bicyclic) bond motifs is 3. The molecule has 1 unspecified atom stereocenters. The molecule has 38 heavy (non-hydrogen) atoms. The number of aromatic nitrogens is 1. The predicted molar refractivity (Wildman–Crippen MR) is 164 cm³/mol. The number of ether oxygens (including phenoxy) is 1. The van der Waals surface area contributed by atoms with Crippen LogP contribution in [0.3, 0.4) is 0 Å². The molecule has 4 aromatic rings. The Hall–Kier alpha value is -2.52. The number of hydrogen-bond acceptors (Lipinski definition) is 4. The maximum absolute atomic E-state index is 14.0. The van der Waals surface area contributed by atoms with E-state index in [1.807, 2.05) is 34.9 Å². The number of allylic oxidation sites excluding steroid dienone is 1. The van der Waals surface area contributed by atoms with Crippen LogP contribution in [0.5, 0.6) is 5.75 Å². The van der Waals surface area contributed by atoms with Gasteiger partial charge in [0.15, 0.2) is 4.80 Å². The predicted octanol–water partition coefficient (Wildman–Crippen LogP) is 7.17. The highest BCUT2D eigenvalue weighted by atomic mass is 79.9. The largest absolute Gasteiger partial charge is 0.487 e. The van der Waals surface area contributed by atoms with Crippen LogP contribution in [0.15, 0.2) is 102 Å². The van der Waals surface area contributed by atoms with Crippen LogP contribution in [0.4, 0.5) is 0 Å². The van der Waals surface area contributed by atoms with E-state index in [0.717, 1.165) is 48.6 Å². The minimum absolute atomic E-state index is 0.0358. The van der Waals surface area contributed by atoms with Gasteiger partial charge in [0, 0.05) is 10.0 Å². The minimum Gasteiger partial charge on any atom is -0.487 e. The first kappa shape index (κ1) is 25.7. The highest BCUT2D eigenvalue weighted by Crippen LogP contribution is 2.41. The molecule has 0 radical (unpaired) electrons. The zero-order valence-electron chi connectivity index (χ0n) is 20.1. The van der Waals surface area contributed by atoms with Crippen LogP contribution in [-0.2, 0) is 6.42 Å². The minimum atomic E-state index is -0.196. The van der Waals surface area contributed by atoms with Gasteiger partial charge in [-0.15, -0.1) is 0 Å². The van der Waals surface area contributed by atoms with Crippen molar-refractivity contribution in [1.29, 1.82) is 0 Å². The fourth-order valence-electron chi connectivity index (χ4n) is 5.06. The van der Waals surface area contributed by atoms with Crippen molar-refractivity contribution < 1.29 is 4.74 Å². The Balaban J connectivity index is 1.55. The Bertz CT molecular complexity index is 1780. The quantitative estimate of drug-likeness (QED) is 0.206. The molecule has 8 heteroatoms. The Morgan fingerprint density at radius 3 is 2.53 bits per heavy atom. The summed E-state index contributed by atoms with van der Waals surface area (Å²) in [5, 5.41) is 0. The molecule has 1 aliphatic carbocycles. The number of rotatable bonds is 5. The number of nitrogens with zero attached hydrogens (tertiary/aromatic N) is 2. The molecule has 0 bridgehead atoms. The van der Waals surface area contributed by atoms with E-state index in [4.69, 9.17) is 9.73 Å². The lowest BCUT2D eigenvalue weighted by Crippen LogP contribution is -2.38. The van der Waals surface area contributed by atoms with Crippen molar-refractivity contribution in [3.8, 4) is 5.75 Å². The molecular formula is C30H21Br3N2O2S. The van der Waals surface area contributed by atoms with Crippen molar-refractivity contribution in [3.63, 3.8) is 0 Å². The molecule has 2 aliphatic rings. The van der Waals surface area contributed by atoms with Gasteiger partial charge in [0.25, 0.3) is 5.56 Å². The second-order valence-corrected chi connectivity index (χ2v) is 12.7. The van der Waals surface area contributed by atoms with Crippen LogP contribution in [0.25, 0.3) is 11.8 Å². The summed E-state index contributed by atoms with van der Waals surface area (Å²) in [7, 11) is 0. The van der Waals surface area contributed by atoms with Crippen molar-refractivity contribution in [2.24, 2.45) is 4.99 Å². The molecule has 0 saturated heterocycles. The molecule has 0 spiro atoms. The number of benzene rings is 3. The highest BCUT2D eigenvalue weighted by Gasteiger charge is 2.32. The topological polar surface area (TPSA) is 43.6 Å². The molecule has 1 aliphatic heterocycles. The molecule has 0 amide bonds. The summed E-state index contributed by atoms with van der Waals surface area (Å²) in [6, 6.07) is 20.4. The van der Waals surface area contributed by atoms with Gasteiger partial charge in [-0.25, -0.2) is 4.99 Å². The standard InChI is InChI=1S/C30H21Br3N2O2S/c1-2-13-37-28-23(32)14-17(15-24(28)33)16-25-29(36)35-27(19-7-10-20(31)11-8-19)22-12-9-18-5-3-4-6-21(18)26(22)34-30(35)38-25/h2-8,10-11,14-16,27H,1,9,12-13H2. The average molecular weight is 713 g/mol. The summed E-state index contributed by atoms with van der Waals surface area (Å²) in [6.45, 7) is 4.11. The van der Waals surface area contributed by atoms with Crippen LogP contribution in [0.1, 0.15) is 34.7 Å². The Kier molecular flexibility index (Phi) is 7.16. The first-order valence-electron chi connectivity index (χ1n) is 12.1. The second kappa shape index (κ2) is 10.6. The molecule has 0 saturated carbocycles. The number of thiazole rings is 1. The summed E-state index contributed by atoms with van der Waals surface area (Å²) in [5.41, 5.74) is 6.59. The van der Waals surface area contributed by atoms with Gasteiger partial charge in [0.1, 0.15) is 12.4 Å². The van der Waals surface area contributed by atoms with Gasteiger partial charge in [-0.1, -0.05) is 76.3 Å². The molecule has 0 fully saturated rings. The third-order valence-corrected chi connectivity index (χ3v) is 9.41. The number of aryl methyl sites for hydroxylation is 1. The van der Waals surface area contributed by atoms with Crippen molar-refractivity contribution in [1.82, 2.24) is 4.57 Å². The molecule has 4 nitrogen and oxygen atoms in total. The van der Waals surface area contributed by atoms with Crippen LogP contribution < -0.4 is 19.6 Å². The van der Waals surface area contributed by atoms with E-state index in [1.165, 1.54) is 22.5 Å². The SMILES string of the molecule is C=CCOc1c(Br)cc(C=c2sc3n(c2=O)C(c2ccc(Br)cc2)C2=C(N=3)c3ccccc3CC2)cc1Br. The van der Waals surface area contributed by atoms with Gasteiger partial charge in [-0.05, 0) is 97.3 Å². The van der Waals surface area contributed by atoms with E-state index in [1.54, 1.807) is 6.08 Å². The van der Waals surface area contributed by atoms with Crippen molar-refractivity contribution in [2.45, 2.75) is 18.9 Å². The molecule has 6 rings (SSSR count). The van der Waals surface area contributed by atoms with Gasteiger partial charge in [0.05, 0.1) is 25.2 Å². The fraction of sp³-hybridized carbons (Fsp3) is 0.133. The van der Waals surface area contributed by atoms with Crippen molar-refractivity contribution in [3.05, 3.63) is 134 Å². The van der Waals surface area contributed by atoms with E-state index < -0.39 is 0 Å². The van der Waals surface area contributed by atoms with Gasteiger partial charge in [0.2, 0.25) is 0 Å². The molecular weight excluding hydrogens is 692 g/mol. The second-order valence-electron chi connectivity index (χ2n) is 9.08. The number of hydrogen-bond donors (Lipinski definition) is 0. The van der Waals surface area contributed by atoms with Crippen LogP contribution >= 0.6 is 59.1 Å². The molecule has 190 valence electrons. The Morgan fingerprint density at radius 1 is 1.05 bits per heavy atom. The van der Waals surface area contributed by atoms with Crippen molar-refractivity contribution >= 4 is 70.9 Å².